The molecule has 9 nitrogen and oxygen atoms in total. The maximum absolute atomic E-state index is 13.1. The number of anilines is 1. The van der Waals surface area contributed by atoms with Crippen LogP contribution < -0.4 is 15.4 Å². The molecule has 2 aromatic carbocycles. The summed E-state index contributed by atoms with van der Waals surface area (Å²) < 4.78 is 45.2. The Bertz CT molecular complexity index is 1800. The van der Waals surface area contributed by atoms with Crippen molar-refractivity contribution < 1.29 is 31.8 Å². The SMILES string of the molecule is Cc1cc(C(=O)NCCOCCOCCCCCCCl)ccc1C1=C2C=CC(=[N+](C)C)C=C2[Si](C)(C)c2cc(N(C)CCCS(=O)(=O)O)ccc21. The van der Waals surface area contributed by atoms with E-state index in [1.807, 2.05) is 24.1 Å². The minimum absolute atomic E-state index is 0.137. The average molecular weight is 757 g/mol. The Balaban J connectivity index is 1.51. The molecule has 0 atom stereocenters. The van der Waals surface area contributed by atoms with Crippen molar-refractivity contribution in [3.05, 3.63) is 87.6 Å². The summed E-state index contributed by atoms with van der Waals surface area (Å²) in [6.07, 6.45) is 11.4. The quantitative estimate of drug-likeness (QED) is 0.0618. The molecule has 12 heteroatoms. The van der Waals surface area contributed by atoms with E-state index < -0.39 is 18.2 Å². The van der Waals surface area contributed by atoms with E-state index in [9.17, 15) is 17.8 Å². The van der Waals surface area contributed by atoms with Crippen molar-refractivity contribution in [1.29, 1.82) is 0 Å². The normalized spacial score (nSPS) is 15.0. The molecule has 0 unspecified atom stereocenters. The van der Waals surface area contributed by atoms with Crippen LogP contribution in [0.5, 0.6) is 0 Å². The number of allylic oxidation sites excluding steroid dienone is 5. The number of hydrogen-bond donors (Lipinski definition) is 2. The number of unbranched alkanes of at least 4 members (excludes halogenated alkanes) is 3. The zero-order valence-electron chi connectivity index (χ0n) is 31.1. The van der Waals surface area contributed by atoms with E-state index in [-0.39, 0.29) is 11.7 Å². The number of amides is 1. The predicted molar refractivity (Wildman–Crippen MR) is 213 cm³/mol. The fourth-order valence-corrected chi connectivity index (χ4v) is 10.4. The van der Waals surface area contributed by atoms with Gasteiger partial charge < -0.3 is 19.7 Å². The van der Waals surface area contributed by atoms with Gasteiger partial charge in [0.2, 0.25) is 0 Å². The molecule has 1 amide bonds. The van der Waals surface area contributed by atoms with Crippen LogP contribution in [-0.2, 0) is 19.6 Å². The Morgan fingerprint density at radius 3 is 2.33 bits per heavy atom. The van der Waals surface area contributed by atoms with E-state index in [1.54, 1.807) is 0 Å². The van der Waals surface area contributed by atoms with Crippen LogP contribution in [-0.4, -0.2) is 110 Å². The van der Waals surface area contributed by atoms with Crippen LogP contribution in [0, 0.1) is 6.92 Å². The highest BCUT2D eigenvalue weighted by Gasteiger charge is 2.40. The van der Waals surface area contributed by atoms with Crippen molar-refractivity contribution in [1.82, 2.24) is 5.32 Å². The summed E-state index contributed by atoms with van der Waals surface area (Å²) in [6, 6.07) is 12.5. The van der Waals surface area contributed by atoms with Gasteiger partial charge in [-0.05, 0) is 94.7 Å². The highest BCUT2D eigenvalue weighted by molar-refractivity contribution is 7.85. The molecular weight excluding hydrogens is 702 g/mol. The first-order chi connectivity index (χ1) is 24.2. The molecule has 1 aliphatic carbocycles. The lowest BCUT2D eigenvalue weighted by atomic mass is 9.87. The van der Waals surface area contributed by atoms with Crippen LogP contribution in [0.25, 0.3) is 5.57 Å². The van der Waals surface area contributed by atoms with Gasteiger partial charge in [-0.1, -0.05) is 38.1 Å². The molecule has 1 aliphatic heterocycles. The third kappa shape index (κ3) is 11.0. The van der Waals surface area contributed by atoms with Gasteiger partial charge in [0.15, 0.2) is 5.71 Å². The number of alkyl halides is 1. The van der Waals surface area contributed by atoms with Gasteiger partial charge in [0.25, 0.3) is 16.0 Å². The number of hydrogen-bond acceptors (Lipinski definition) is 6. The third-order valence-electron chi connectivity index (χ3n) is 9.58. The van der Waals surface area contributed by atoms with Crippen molar-refractivity contribution in [2.75, 3.05) is 77.2 Å². The maximum Gasteiger partial charge on any atom is 0.264 e. The van der Waals surface area contributed by atoms with E-state index in [0.717, 1.165) is 60.4 Å². The summed E-state index contributed by atoms with van der Waals surface area (Å²) in [5.41, 5.74) is 8.38. The molecule has 0 spiro atoms. The number of ether oxygens (including phenoxy) is 2. The lowest BCUT2D eigenvalue weighted by molar-refractivity contribution is -0.462. The average Bonchev–Trinajstić information content (AvgIpc) is 3.08. The number of halogens is 1. The van der Waals surface area contributed by atoms with Crippen molar-refractivity contribution in [2.45, 2.75) is 52.1 Å². The highest BCUT2D eigenvalue weighted by Crippen LogP contribution is 2.42. The summed E-state index contributed by atoms with van der Waals surface area (Å²) in [5, 5.41) is 5.62. The molecule has 2 aromatic rings. The Labute approximate surface area is 310 Å². The van der Waals surface area contributed by atoms with Gasteiger partial charge in [0.05, 0.1) is 25.6 Å². The van der Waals surface area contributed by atoms with Crippen LogP contribution in [0.4, 0.5) is 5.69 Å². The summed E-state index contributed by atoms with van der Waals surface area (Å²) in [6.45, 7) is 9.91. The van der Waals surface area contributed by atoms with Crippen molar-refractivity contribution in [3.8, 4) is 0 Å². The molecule has 0 fully saturated rings. The van der Waals surface area contributed by atoms with Gasteiger partial charge in [-0.2, -0.15) is 8.42 Å². The van der Waals surface area contributed by atoms with E-state index >= 15 is 0 Å². The Hall–Kier alpha value is -3.06. The first kappa shape index (κ1) is 40.7. The summed E-state index contributed by atoms with van der Waals surface area (Å²) in [7, 11) is -0.149. The van der Waals surface area contributed by atoms with Gasteiger partial charge in [-0.15, -0.1) is 11.6 Å². The highest BCUT2D eigenvalue weighted by atomic mass is 35.5. The Morgan fingerprint density at radius 2 is 1.65 bits per heavy atom. The standard InChI is InChI=1S/C39H54ClN3O6SSi/c1-29-26-30(39(44)41-19-22-49-24-23-48-21-10-8-7-9-18-40)12-15-33(29)38-34-16-13-31(42(2)3)27-36(34)51(5,6)37-28-32(14-17-35(37)38)43(4)20-11-25-50(45,46)47/h12-17,26-28H,7-11,18-25H2,1-6H3,(H-,41,44,45,46,47)/p+1. The zero-order chi connectivity index (χ0) is 37.2. The molecule has 0 radical (unpaired) electrons. The minimum Gasteiger partial charge on any atom is -0.379 e. The molecule has 0 bridgehead atoms. The van der Waals surface area contributed by atoms with Crippen molar-refractivity contribution in [3.63, 3.8) is 0 Å². The summed E-state index contributed by atoms with van der Waals surface area (Å²) >= 11 is 5.71. The molecule has 51 heavy (non-hydrogen) atoms. The van der Waals surface area contributed by atoms with Crippen LogP contribution >= 0.6 is 11.6 Å². The molecule has 278 valence electrons. The maximum atomic E-state index is 13.1. The van der Waals surface area contributed by atoms with Crippen LogP contribution in [0.2, 0.25) is 13.1 Å². The first-order valence-corrected chi connectivity index (χ1v) is 23.0. The molecule has 0 saturated carbocycles. The lowest BCUT2D eigenvalue weighted by Crippen LogP contribution is -2.50. The second-order valence-corrected chi connectivity index (χ2v) is 20.3. The Morgan fingerprint density at radius 1 is 0.941 bits per heavy atom. The minimum atomic E-state index is -4.01. The summed E-state index contributed by atoms with van der Waals surface area (Å²) in [4.78, 5) is 15.2. The van der Waals surface area contributed by atoms with E-state index in [0.29, 0.717) is 50.8 Å². The van der Waals surface area contributed by atoms with Crippen LogP contribution in [0.15, 0.2) is 65.4 Å². The van der Waals surface area contributed by atoms with Gasteiger partial charge in [0, 0.05) is 56.0 Å². The molecule has 0 aromatic heterocycles. The van der Waals surface area contributed by atoms with E-state index in [2.05, 4.69) is 86.5 Å². The molecular formula is C39H55ClN3O6SSi+. The van der Waals surface area contributed by atoms with Gasteiger partial charge in [-0.25, -0.2) is 4.58 Å². The van der Waals surface area contributed by atoms with Crippen molar-refractivity contribution >= 4 is 57.9 Å². The second-order valence-electron chi connectivity index (χ2n) is 14.0. The molecule has 0 saturated heterocycles. The second kappa shape index (κ2) is 18.6. The number of rotatable bonds is 19. The number of benzene rings is 2. The number of aryl methyl sites for hydroxylation is 1. The first-order valence-electron chi connectivity index (χ1n) is 17.9. The molecule has 2 aliphatic rings. The van der Waals surface area contributed by atoms with Crippen molar-refractivity contribution in [2.24, 2.45) is 0 Å². The van der Waals surface area contributed by atoms with Gasteiger partial charge in [-0.3, -0.25) is 9.35 Å². The van der Waals surface area contributed by atoms with Gasteiger partial charge >= 0.3 is 0 Å². The van der Waals surface area contributed by atoms with E-state index in [1.165, 1.54) is 21.5 Å². The monoisotopic (exact) mass is 756 g/mol. The largest absolute Gasteiger partial charge is 0.379 e. The third-order valence-corrected chi connectivity index (χ3v) is 14.2. The smallest absolute Gasteiger partial charge is 0.264 e. The number of nitrogens with zero attached hydrogens (tertiary/aromatic N) is 2. The number of nitrogens with one attached hydrogen (secondary N) is 1. The lowest BCUT2D eigenvalue weighted by Gasteiger charge is -2.38. The number of fused-ring (bicyclic) bond motifs is 2. The zero-order valence-corrected chi connectivity index (χ0v) is 33.6. The molecule has 2 N–H and O–H groups in total. The number of carbonyl (C=O) groups is 1. The number of carbonyl (C=O) groups excluding carboxylic acids is 1. The Kier molecular flexibility index (Phi) is 14.9. The fraction of sp³-hybridized carbons (Fsp3) is 0.487. The molecule has 1 heterocycles. The van der Waals surface area contributed by atoms with E-state index in [4.69, 9.17) is 21.1 Å². The topological polar surface area (TPSA) is 108 Å². The van der Waals surface area contributed by atoms with Crippen LogP contribution in [0.3, 0.4) is 0 Å². The van der Waals surface area contributed by atoms with Crippen LogP contribution in [0.1, 0.15) is 59.2 Å². The predicted octanol–water partition coefficient (Wildman–Crippen LogP) is 5.75. The summed E-state index contributed by atoms with van der Waals surface area (Å²) in [5.74, 6) is 0.308. The fourth-order valence-electron chi connectivity index (χ4n) is 6.64. The molecule has 4 rings (SSSR count). The van der Waals surface area contributed by atoms with Gasteiger partial charge in [0.1, 0.15) is 22.2 Å².